The van der Waals surface area contributed by atoms with Crippen molar-refractivity contribution in [1.82, 2.24) is 5.43 Å². The Labute approximate surface area is 123 Å². The van der Waals surface area contributed by atoms with Gasteiger partial charge in [-0.3, -0.25) is 4.79 Å². The highest BCUT2D eigenvalue weighted by Gasteiger charge is 2.12. The number of hydrogen-bond donors (Lipinski definition) is 1. The van der Waals surface area contributed by atoms with Crippen LogP contribution in [0.2, 0.25) is 5.02 Å². The smallest absolute Gasteiger partial charge is 0.275 e. The van der Waals surface area contributed by atoms with E-state index in [4.69, 9.17) is 16.3 Å². The van der Waals surface area contributed by atoms with Crippen molar-refractivity contribution in [3.05, 3.63) is 40.9 Å². The Balaban J connectivity index is 1.99. The van der Waals surface area contributed by atoms with Gasteiger partial charge in [0.1, 0.15) is 5.75 Å². The molecule has 1 amide bonds. The fourth-order valence-electron chi connectivity index (χ4n) is 2.07. The van der Waals surface area contributed by atoms with E-state index in [1.54, 1.807) is 24.4 Å². The van der Waals surface area contributed by atoms with Gasteiger partial charge in [0.15, 0.2) is 0 Å². The van der Waals surface area contributed by atoms with Crippen molar-refractivity contribution in [3.8, 4) is 5.75 Å². The fraction of sp³-hybridized carbons (Fsp3) is 0.333. The molecule has 20 heavy (non-hydrogen) atoms. The zero-order valence-corrected chi connectivity index (χ0v) is 12.1. The van der Waals surface area contributed by atoms with E-state index in [9.17, 15) is 4.79 Å². The largest absolute Gasteiger partial charge is 0.496 e. The Bertz CT molecular complexity index is 541. The molecule has 1 unspecified atom stereocenters. The van der Waals surface area contributed by atoms with Crippen LogP contribution in [0.4, 0.5) is 0 Å². The van der Waals surface area contributed by atoms with Crippen molar-refractivity contribution in [2.75, 3.05) is 7.11 Å². The van der Waals surface area contributed by atoms with Crippen LogP contribution in [0.3, 0.4) is 0 Å². The number of hydrogen-bond acceptors (Lipinski definition) is 3. The second-order valence-corrected chi connectivity index (χ2v) is 5.04. The molecule has 0 radical (unpaired) electrons. The predicted octanol–water partition coefficient (Wildman–Crippen LogP) is 3.42. The minimum absolute atomic E-state index is 0.327. The topological polar surface area (TPSA) is 50.7 Å². The SMILES string of the molecule is COc1ccc(Cl)cc1C(=O)N/N=C/C1CC=CCC1. The van der Waals surface area contributed by atoms with E-state index in [1.165, 1.54) is 7.11 Å². The summed E-state index contributed by atoms with van der Waals surface area (Å²) < 4.78 is 5.14. The second-order valence-electron chi connectivity index (χ2n) is 4.61. The van der Waals surface area contributed by atoms with Crippen LogP contribution in [-0.2, 0) is 0 Å². The van der Waals surface area contributed by atoms with E-state index >= 15 is 0 Å². The summed E-state index contributed by atoms with van der Waals surface area (Å²) in [6.45, 7) is 0. The molecule has 1 N–H and O–H groups in total. The third-order valence-corrected chi connectivity index (χ3v) is 3.40. The minimum Gasteiger partial charge on any atom is -0.496 e. The monoisotopic (exact) mass is 292 g/mol. The van der Waals surface area contributed by atoms with Crippen LogP contribution < -0.4 is 10.2 Å². The number of rotatable bonds is 4. The molecule has 0 aliphatic heterocycles. The molecule has 1 aliphatic rings. The average Bonchev–Trinajstić information content (AvgIpc) is 2.48. The van der Waals surface area contributed by atoms with E-state index in [0.717, 1.165) is 19.3 Å². The zero-order chi connectivity index (χ0) is 14.4. The summed E-state index contributed by atoms with van der Waals surface area (Å²) in [6.07, 6.45) is 9.20. The first kappa shape index (κ1) is 14.6. The van der Waals surface area contributed by atoms with Gasteiger partial charge in [0, 0.05) is 11.2 Å². The molecule has 1 aromatic rings. The lowest BCUT2D eigenvalue weighted by atomic mass is 9.96. The minimum atomic E-state index is -0.327. The predicted molar refractivity (Wildman–Crippen MR) is 80.4 cm³/mol. The molecular weight excluding hydrogens is 276 g/mol. The fourth-order valence-corrected chi connectivity index (χ4v) is 2.24. The van der Waals surface area contributed by atoms with E-state index in [-0.39, 0.29) is 5.91 Å². The van der Waals surface area contributed by atoms with E-state index < -0.39 is 0 Å². The third-order valence-electron chi connectivity index (χ3n) is 3.17. The van der Waals surface area contributed by atoms with E-state index in [2.05, 4.69) is 22.7 Å². The number of amides is 1. The lowest BCUT2D eigenvalue weighted by Gasteiger charge is -2.12. The van der Waals surface area contributed by atoms with Gasteiger partial charge in [-0.1, -0.05) is 23.8 Å². The first-order valence-corrected chi connectivity index (χ1v) is 6.90. The van der Waals surface area contributed by atoms with Crippen molar-refractivity contribution in [2.24, 2.45) is 11.0 Å². The molecule has 1 aromatic carbocycles. The summed E-state index contributed by atoms with van der Waals surface area (Å²) in [4.78, 5) is 12.0. The van der Waals surface area contributed by atoms with Crippen molar-refractivity contribution in [3.63, 3.8) is 0 Å². The molecule has 0 fully saturated rings. The number of hydrazone groups is 1. The molecule has 2 rings (SSSR count). The van der Waals surface area contributed by atoms with E-state index in [0.29, 0.717) is 22.3 Å². The number of carbonyl (C=O) groups is 1. The Hall–Kier alpha value is -1.81. The van der Waals surface area contributed by atoms with E-state index in [1.807, 2.05) is 0 Å². The van der Waals surface area contributed by atoms with Gasteiger partial charge < -0.3 is 4.74 Å². The quantitative estimate of drug-likeness (QED) is 0.525. The van der Waals surface area contributed by atoms with Gasteiger partial charge in [-0.2, -0.15) is 5.10 Å². The Morgan fingerprint density at radius 1 is 1.50 bits per heavy atom. The molecule has 106 valence electrons. The van der Waals surface area contributed by atoms with Gasteiger partial charge in [-0.25, -0.2) is 5.43 Å². The highest BCUT2D eigenvalue weighted by atomic mass is 35.5. The summed E-state index contributed by atoms with van der Waals surface area (Å²) in [5, 5.41) is 4.50. The van der Waals surface area contributed by atoms with Crippen LogP contribution >= 0.6 is 11.6 Å². The molecule has 0 aromatic heterocycles. The number of benzene rings is 1. The maximum Gasteiger partial charge on any atom is 0.275 e. The molecule has 0 heterocycles. The molecular formula is C15H17ClN2O2. The van der Waals surface area contributed by atoms with Crippen molar-refractivity contribution in [1.29, 1.82) is 0 Å². The molecule has 1 aliphatic carbocycles. The van der Waals surface area contributed by atoms with Crippen LogP contribution in [0.15, 0.2) is 35.5 Å². The van der Waals surface area contributed by atoms with Crippen molar-refractivity contribution < 1.29 is 9.53 Å². The van der Waals surface area contributed by atoms with Crippen LogP contribution in [-0.4, -0.2) is 19.2 Å². The summed E-state index contributed by atoms with van der Waals surface area (Å²) in [7, 11) is 1.51. The second kappa shape index (κ2) is 7.10. The molecule has 4 nitrogen and oxygen atoms in total. The number of nitrogens with zero attached hydrogens (tertiary/aromatic N) is 1. The number of ether oxygens (including phenoxy) is 1. The van der Waals surface area contributed by atoms with Crippen LogP contribution in [0.1, 0.15) is 29.6 Å². The summed E-state index contributed by atoms with van der Waals surface area (Å²) in [5.74, 6) is 0.538. The molecule has 0 saturated carbocycles. The third kappa shape index (κ3) is 3.84. The average molecular weight is 293 g/mol. The van der Waals surface area contributed by atoms with Gasteiger partial charge in [0.2, 0.25) is 0 Å². The molecule has 0 spiro atoms. The van der Waals surface area contributed by atoms with Crippen LogP contribution in [0, 0.1) is 5.92 Å². The van der Waals surface area contributed by atoms with Gasteiger partial charge in [0.05, 0.1) is 12.7 Å². The molecule has 0 saturated heterocycles. The highest BCUT2D eigenvalue weighted by Crippen LogP contribution is 2.22. The summed E-state index contributed by atoms with van der Waals surface area (Å²) >= 11 is 5.89. The number of carbonyl (C=O) groups excluding carboxylic acids is 1. The van der Waals surface area contributed by atoms with Crippen molar-refractivity contribution >= 4 is 23.7 Å². The molecule has 0 bridgehead atoms. The summed E-state index contributed by atoms with van der Waals surface area (Å²) in [6, 6.07) is 4.90. The Morgan fingerprint density at radius 3 is 3.05 bits per heavy atom. The highest BCUT2D eigenvalue weighted by molar-refractivity contribution is 6.31. The molecule has 5 heteroatoms. The Morgan fingerprint density at radius 2 is 2.35 bits per heavy atom. The van der Waals surface area contributed by atoms with Gasteiger partial charge in [-0.05, 0) is 43.4 Å². The van der Waals surface area contributed by atoms with Crippen molar-refractivity contribution in [2.45, 2.75) is 19.3 Å². The maximum atomic E-state index is 12.0. The number of allylic oxidation sites excluding steroid dienone is 2. The lowest BCUT2D eigenvalue weighted by molar-refractivity contribution is 0.0952. The van der Waals surface area contributed by atoms with Crippen LogP contribution in [0.25, 0.3) is 0 Å². The van der Waals surface area contributed by atoms with Gasteiger partial charge >= 0.3 is 0 Å². The normalized spacial score (nSPS) is 18.2. The lowest BCUT2D eigenvalue weighted by Crippen LogP contribution is -2.19. The standard InChI is InChI=1S/C15H17ClN2O2/c1-20-14-8-7-12(16)9-13(14)15(19)18-17-10-11-5-3-2-4-6-11/h2-3,7-11H,4-6H2,1H3,(H,18,19)/b17-10+. The Kier molecular flexibility index (Phi) is 5.18. The first-order chi connectivity index (χ1) is 9.70. The number of halogens is 1. The first-order valence-electron chi connectivity index (χ1n) is 6.52. The maximum absolute atomic E-state index is 12.0. The molecule has 1 atom stereocenters. The van der Waals surface area contributed by atoms with Crippen LogP contribution in [0.5, 0.6) is 5.75 Å². The summed E-state index contributed by atoms with van der Waals surface area (Å²) in [5.41, 5.74) is 2.89. The van der Waals surface area contributed by atoms with Gasteiger partial charge in [0.25, 0.3) is 5.91 Å². The number of nitrogens with one attached hydrogen (secondary N) is 1. The zero-order valence-electron chi connectivity index (χ0n) is 11.3. The van der Waals surface area contributed by atoms with Gasteiger partial charge in [-0.15, -0.1) is 0 Å². The number of methoxy groups -OCH3 is 1.